The summed E-state index contributed by atoms with van der Waals surface area (Å²) in [5.74, 6) is -0.209. The van der Waals surface area contributed by atoms with E-state index in [0.29, 0.717) is 25.1 Å². The molecule has 0 aromatic heterocycles. The largest absolute Gasteiger partial charge is 0.355 e. The van der Waals surface area contributed by atoms with Gasteiger partial charge in [0.1, 0.15) is 5.82 Å². The number of carbonyl (C=O) groups is 1. The standard InChI is InChI=1S/C15H24FN3O/c1-19(2)11-5-9-18-15(20)12-17-10-8-13-6-3-4-7-14(13)16/h3-4,6-7,17H,5,8-12H2,1-2H3,(H,18,20). The first kappa shape index (κ1) is 16.6. The molecule has 1 rings (SSSR count). The molecule has 0 unspecified atom stereocenters. The number of amides is 1. The first-order valence-corrected chi connectivity index (χ1v) is 6.95. The fourth-order valence-electron chi connectivity index (χ4n) is 1.81. The number of rotatable bonds is 9. The van der Waals surface area contributed by atoms with Crippen molar-refractivity contribution in [2.45, 2.75) is 12.8 Å². The van der Waals surface area contributed by atoms with Crippen molar-refractivity contribution in [2.24, 2.45) is 0 Å². The minimum Gasteiger partial charge on any atom is -0.355 e. The van der Waals surface area contributed by atoms with E-state index >= 15 is 0 Å². The van der Waals surface area contributed by atoms with Crippen LogP contribution in [-0.2, 0) is 11.2 Å². The predicted molar refractivity (Wildman–Crippen MR) is 79.2 cm³/mol. The number of hydrogen-bond acceptors (Lipinski definition) is 3. The summed E-state index contributed by atoms with van der Waals surface area (Å²) in [7, 11) is 4.01. The second kappa shape index (κ2) is 9.44. The minimum atomic E-state index is -0.192. The van der Waals surface area contributed by atoms with Crippen LogP contribution in [0.2, 0.25) is 0 Å². The number of nitrogens with zero attached hydrogens (tertiary/aromatic N) is 1. The lowest BCUT2D eigenvalue weighted by molar-refractivity contribution is -0.120. The van der Waals surface area contributed by atoms with Crippen LogP contribution < -0.4 is 10.6 Å². The van der Waals surface area contributed by atoms with Crippen molar-refractivity contribution < 1.29 is 9.18 Å². The summed E-state index contributed by atoms with van der Waals surface area (Å²) in [5.41, 5.74) is 0.673. The van der Waals surface area contributed by atoms with Gasteiger partial charge < -0.3 is 15.5 Å². The summed E-state index contributed by atoms with van der Waals surface area (Å²) >= 11 is 0. The third-order valence-corrected chi connectivity index (χ3v) is 2.92. The highest BCUT2D eigenvalue weighted by atomic mass is 19.1. The molecule has 5 heteroatoms. The molecule has 0 atom stereocenters. The Balaban J connectivity index is 2.06. The third kappa shape index (κ3) is 7.21. The molecule has 0 aliphatic rings. The molecule has 112 valence electrons. The van der Waals surface area contributed by atoms with Gasteiger partial charge in [0.05, 0.1) is 6.54 Å². The van der Waals surface area contributed by atoms with E-state index in [9.17, 15) is 9.18 Å². The van der Waals surface area contributed by atoms with Crippen LogP contribution >= 0.6 is 0 Å². The maximum absolute atomic E-state index is 13.3. The number of hydrogen-bond donors (Lipinski definition) is 2. The van der Waals surface area contributed by atoms with Gasteiger partial charge in [0.25, 0.3) is 0 Å². The monoisotopic (exact) mass is 281 g/mol. The predicted octanol–water partition coefficient (Wildman–Crippen LogP) is 1.03. The fraction of sp³-hybridized carbons (Fsp3) is 0.533. The maximum atomic E-state index is 13.3. The van der Waals surface area contributed by atoms with Crippen LogP contribution in [0.4, 0.5) is 4.39 Å². The van der Waals surface area contributed by atoms with Crippen LogP contribution in [0.3, 0.4) is 0 Å². The van der Waals surface area contributed by atoms with Gasteiger partial charge in [-0.25, -0.2) is 4.39 Å². The smallest absolute Gasteiger partial charge is 0.233 e. The van der Waals surface area contributed by atoms with E-state index in [0.717, 1.165) is 13.0 Å². The Morgan fingerprint density at radius 2 is 2.00 bits per heavy atom. The lowest BCUT2D eigenvalue weighted by atomic mass is 10.1. The zero-order valence-electron chi connectivity index (χ0n) is 12.3. The number of nitrogens with one attached hydrogen (secondary N) is 2. The van der Waals surface area contributed by atoms with Crippen LogP contribution in [0.1, 0.15) is 12.0 Å². The average Bonchev–Trinajstić information content (AvgIpc) is 2.41. The lowest BCUT2D eigenvalue weighted by Gasteiger charge is -2.10. The molecule has 0 fully saturated rings. The van der Waals surface area contributed by atoms with Gasteiger partial charge in [0.15, 0.2) is 0 Å². The molecule has 0 saturated heterocycles. The van der Waals surface area contributed by atoms with Gasteiger partial charge in [-0.05, 0) is 51.7 Å². The molecule has 0 aliphatic carbocycles. The Kier molecular flexibility index (Phi) is 7.84. The fourth-order valence-corrected chi connectivity index (χ4v) is 1.81. The molecule has 2 N–H and O–H groups in total. The zero-order chi connectivity index (χ0) is 14.8. The minimum absolute atomic E-state index is 0.0164. The van der Waals surface area contributed by atoms with E-state index in [-0.39, 0.29) is 18.3 Å². The van der Waals surface area contributed by atoms with Gasteiger partial charge in [0.2, 0.25) is 5.91 Å². The maximum Gasteiger partial charge on any atom is 0.233 e. The lowest BCUT2D eigenvalue weighted by Crippen LogP contribution is -2.36. The summed E-state index contributed by atoms with van der Waals surface area (Å²) in [6, 6.07) is 6.70. The molecule has 0 saturated carbocycles. The van der Waals surface area contributed by atoms with Crippen molar-refractivity contribution in [1.29, 1.82) is 0 Å². The average molecular weight is 281 g/mol. The molecule has 0 radical (unpaired) electrons. The SMILES string of the molecule is CN(C)CCCNC(=O)CNCCc1ccccc1F. The van der Waals surface area contributed by atoms with Gasteiger partial charge >= 0.3 is 0 Å². The topological polar surface area (TPSA) is 44.4 Å². The van der Waals surface area contributed by atoms with Crippen molar-refractivity contribution in [3.8, 4) is 0 Å². The van der Waals surface area contributed by atoms with Crippen LogP contribution in [0.15, 0.2) is 24.3 Å². The van der Waals surface area contributed by atoms with E-state index < -0.39 is 0 Å². The highest BCUT2D eigenvalue weighted by Gasteiger charge is 2.02. The van der Waals surface area contributed by atoms with E-state index in [4.69, 9.17) is 0 Å². The number of benzene rings is 1. The number of halogens is 1. The zero-order valence-corrected chi connectivity index (χ0v) is 12.3. The molecule has 0 spiro atoms. The summed E-state index contributed by atoms with van der Waals surface area (Å²) < 4.78 is 13.3. The second-order valence-electron chi connectivity index (χ2n) is 5.02. The van der Waals surface area contributed by atoms with E-state index in [1.165, 1.54) is 6.07 Å². The molecule has 1 amide bonds. The number of carbonyl (C=O) groups excluding carboxylic acids is 1. The Morgan fingerprint density at radius 3 is 2.70 bits per heavy atom. The summed E-state index contributed by atoms with van der Waals surface area (Å²) in [6.45, 7) is 2.51. The van der Waals surface area contributed by atoms with E-state index in [2.05, 4.69) is 15.5 Å². The van der Waals surface area contributed by atoms with Crippen LogP contribution in [0, 0.1) is 5.82 Å². The first-order chi connectivity index (χ1) is 9.59. The third-order valence-electron chi connectivity index (χ3n) is 2.92. The van der Waals surface area contributed by atoms with Gasteiger partial charge in [-0.3, -0.25) is 4.79 Å². The Hall–Kier alpha value is -1.46. The van der Waals surface area contributed by atoms with Gasteiger partial charge in [-0.2, -0.15) is 0 Å². The normalized spacial score (nSPS) is 10.8. The Bertz CT molecular complexity index is 410. The van der Waals surface area contributed by atoms with Crippen LogP contribution in [-0.4, -0.2) is 51.1 Å². The second-order valence-corrected chi connectivity index (χ2v) is 5.02. The molecule has 0 aliphatic heterocycles. The molecular weight excluding hydrogens is 257 g/mol. The van der Waals surface area contributed by atoms with Gasteiger partial charge in [-0.15, -0.1) is 0 Å². The van der Waals surface area contributed by atoms with Crippen molar-refractivity contribution >= 4 is 5.91 Å². The molecule has 20 heavy (non-hydrogen) atoms. The van der Waals surface area contributed by atoms with Gasteiger partial charge in [0, 0.05) is 6.54 Å². The van der Waals surface area contributed by atoms with Crippen molar-refractivity contribution in [2.75, 3.05) is 40.3 Å². The summed E-state index contributed by atoms with van der Waals surface area (Å²) in [6.07, 6.45) is 1.52. The molecule has 0 bridgehead atoms. The molecular formula is C15H24FN3O. The van der Waals surface area contributed by atoms with Gasteiger partial charge in [-0.1, -0.05) is 18.2 Å². The van der Waals surface area contributed by atoms with Crippen LogP contribution in [0.25, 0.3) is 0 Å². The Morgan fingerprint density at radius 1 is 1.25 bits per heavy atom. The van der Waals surface area contributed by atoms with Crippen molar-refractivity contribution in [3.63, 3.8) is 0 Å². The molecule has 0 heterocycles. The molecule has 1 aromatic rings. The first-order valence-electron chi connectivity index (χ1n) is 6.95. The quantitative estimate of drug-likeness (QED) is 0.664. The molecule has 4 nitrogen and oxygen atoms in total. The Labute approximate surface area is 120 Å². The summed E-state index contributed by atoms with van der Waals surface area (Å²) in [5, 5.41) is 5.87. The highest BCUT2D eigenvalue weighted by Crippen LogP contribution is 2.05. The van der Waals surface area contributed by atoms with Crippen molar-refractivity contribution in [3.05, 3.63) is 35.6 Å². The summed E-state index contributed by atoms with van der Waals surface area (Å²) in [4.78, 5) is 13.6. The van der Waals surface area contributed by atoms with Crippen LogP contribution in [0.5, 0.6) is 0 Å². The van der Waals surface area contributed by atoms with E-state index in [1.807, 2.05) is 20.2 Å². The molecule has 1 aromatic carbocycles. The highest BCUT2D eigenvalue weighted by molar-refractivity contribution is 5.77. The van der Waals surface area contributed by atoms with E-state index in [1.54, 1.807) is 12.1 Å². The van der Waals surface area contributed by atoms with Crippen molar-refractivity contribution in [1.82, 2.24) is 15.5 Å².